The van der Waals surface area contributed by atoms with Gasteiger partial charge in [0, 0.05) is 16.8 Å². The summed E-state index contributed by atoms with van der Waals surface area (Å²) in [5, 5.41) is 11.2. The van der Waals surface area contributed by atoms with E-state index in [1.807, 2.05) is 0 Å². The third kappa shape index (κ3) is 4.64. The maximum Gasteiger partial charge on any atom is 0.277 e. The molecule has 1 aromatic heterocycles. The molecule has 6 nitrogen and oxygen atoms in total. The average Bonchev–Trinajstić information content (AvgIpc) is 3.09. The minimum atomic E-state index is -0.386. The van der Waals surface area contributed by atoms with Gasteiger partial charge in [-0.3, -0.25) is 4.79 Å². The maximum atomic E-state index is 12.9. The molecule has 0 bridgehead atoms. The van der Waals surface area contributed by atoms with Gasteiger partial charge in [0.05, 0.1) is 5.75 Å². The van der Waals surface area contributed by atoms with Crippen LogP contribution in [0.15, 0.2) is 58.2 Å². The summed E-state index contributed by atoms with van der Waals surface area (Å²) in [7, 11) is 0. The molecular weight excluding hydrogens is 375 g/mol. The number of nitrogens with two attached hydrogens (primary N) is 1. The van der Waals surface area contributed by atoms with Crippen molar-refractivity contribution in [1.29, 1.82) is 0 Å². The number of anilines is 1. The average molecular weight is 388 g/mol. The predicted molar refractivity (Wildman–Crippen MR) is 102 cm³/mol. The lowest BCUT2D eigenvalue weighted by molar-refractivity contribution is 0.102. The van der Waals surface area contributed by atoms with Crippen LogP contribution >= 0.6 is 24.0 Å². The van der Waals surface area contributed by atoms with E-state index >= 15 is 0 Å². The molecule has 3 N–H and O–H groups in total. The number of aromatic nitrogens is 2. The van der Waals surface area contributed by atoms with Crippen molar-refractivity contribution in [1.82, 2.24) is 10.2 Å². The minimum absolute atomic E-state index is 0.107. The zero-order valence-corrected chi connectivity index (χ0v) is 14.9. The molecule has 26 heavy (non-hydrogen) atoms. The topological polar surface area (TPSA) is 94.0 Å². The van der Waals surface area contributed by atoms with Gasteiger partial charge >= 0.3 is 0 Å². The molecule has 0 fully saturated rings. The van der Waals surface area contributed by atoms with Crippen LogP contribution in [0.2, 0.25) is 0 Å². The van der Waals surface area contributed by atoms with E-state index in [0.717, 1.165) is 11.8 Å². The van der Waals surface area contributed by atoms with Crippen LogP contribution < -0.4 is 11.1 Å². The van der Waals surface area contributed by atoms with Crippen LogP contribution in [0.25, 0.3) is 11.5 Å². The molecule has 0 unspecified atom stereocenters. The third-order valence-electron chi connectivity index (χ3n) is 3.28. The van der Waals surface area contributed by atoms with Crippen molar-refractivity contribution in [2.24, 2.45) is 5.73 Å². The van der Waals surface area contributed by atoms with Crippen LogP contribution in [-0.4, -0.2) is 26.8 Å². The fourth-order valence-electron chi connectivity index (χ4n) is 2.10. The number of benzene rings is 2. The summed E-state index contributed by atoms with van der Waals surface area (Å²) in [6, 6.07) is 12.5. The molecule has 3 rings (SSSR count). The number of halogens is 1. The van der Waals surface area contributed by atoms with Crippen LogP contribution in [0.1, 0.15) is 10.4 Å². The van der Waals surface area contributed by atoms with Gasteiger partial charge in [-0.1, -0.05) is 17.8 Å². The number of ketones is 1. The Balaban J connectivity index is 1.65. The van der Waals surface area contributed by atoms with Crippen LogP contribution in [0.4, 0.5) is 10.1 Å². The van der Waals surface area contributed by atoms with E-state index < -0.39 is 0 Å². The molecule has 0 spiro atoms. The van der Waals surface area contributed by atoms with Crippen molar-refractivity contribution in [2.75, 3.05) is 11.1 Å². The standard InChI is InChI=1S/C17H13FN4O2S2/c18-12-6-4-10(5-7-12)14(23)9-26-17-22-21-15(24-17)11-2-1-3-13(8-11)20-16(19)25/h1-8H,9H2,(H3,19,20,25). The first-order chi connectivity index (χ1) is 12.5. The molecule has 0 amide bonds. The van der Waals surface area contributed by atoms with Gasteiger partial charge in [0.2, 0.25) is 5.89 Å². The third-order valence-corrected chi connectivity index (χ3v) is 4.20. The molecule has 0 atom stereocenters. The van der Waals surface area contributed by atoms with E-state index in [1.54, 1.807) is 24.3 Å². The van der Waals surface area contributed by atoms with Gasteiger partial charge in [-0.05, 0) is 54.7 Å². The molecule has 0 saturated carbocycles. The lowest BCUT2D eigenvalue weighted by Crippen LogP contribution is -2.18. The van der Waals surface area contributed by atoms with Gasteiger partial charge in [-0.2, -0.15) is 0 Å². The molecule has 3 aromatic rings. The van der Waals surface area contributed by atoms with E-state index in [2.05, 4.69) is 15.5 Å². The van der Waals surface area contributed by atoms with Crippen LogP contribution in [0.5, 0.6) is 0 Å². The number of hydrogen-bond donors (Lipinski definition) is 2. The monoisotopic (exact) mass is 388 g/mol. The molecular formula is C17H13FN4O2S2. The Morgan fingerprint density at radius 2 is 2.00 bits per heavy atom. The quantitative estimate of drug-likeness (QED) is 0.376. The second kappa shape index (κ2) is 8.07. The highest BCUT2D eigenvalue weighted by Crippen LogP contribution is 2.25. The van der Waals surface area contributed by atoms with Crippen molar-refractivity contribution in [3.05, 3.63) is 59.9 Å². The van der Waals surface area contributed by atoms with Crippen molar-refractivity contribution >= 4 is 40.6 Å². The van der Waals surface area contributed by atoms with Crippen molar-refractivity contribution < 1.29 is 13.6 Å². The number of thiocarbonyl (C=S) groups is 1. The number of carbonyl (C=O) groups excluding carboxylic acids is 1. The molecule has 132 valence electrons. The van der Waals surface area contributed by atoms with Crippen molar-refractivity contribution in [3.8, 4) is 11.5 Å². The molecule has 2 aromatic carbocycles. The first-order valence-corrected chi connectivity index (χ1v) is 8.82. The zero-order chi connectivity index (χ0) is 18.5. The van der Waals surface area contributed by atoms with Gasteiger partial charge in [-0.15, -0.1) is 10.2 Å². The summed E-state index contributed by atoms with van der Waals surface area (Å²) in [5.74, 6) is -0.121. The molecule has 0 aliphatic heterocycles. The summed E-state index contributed by atoms with van der Waals surface area (Å²) in [6.07, 6.45) is 0. The van der Waals surface area contributed by atoms with Gasteiger partial charge in [-0.25, -0.2) is 4.39 Å². The Kier molecular flexibility index (Phi) is 5.59. The highest BCUT2D eigenvalue weighted by Gasteiger charge is 2.13. The highest BCUT2D eigenvalue weighted by atomic mass is 32.2. The molecule has 1 heterocycles. The van der Waals surface area contributed by atoms with Gasteiger partial charge in [0.25, 0.3) is 5.22 Å². The predicted octanol–water partition coefficient (Wildman–Crippen LogP) is 3.51. The van der Waals surface area contributed by atoms with Gasteiger partial charge < -0.3 is 15.5 Å². The number of nitrogens with zero attached hydrogens (tertiary/aromatic N) is 2. The number of hydrogen-bond acceptors (Lipinski definition) is 6. The van der Waals surface area contributed by atoms with Crippen LogP contribution in [-0.2, 0) is 0 Å². The summed E-state index contributed by atoms with van der Waals surface area (Å²) in [4.78, 5) is 12.1. The molecule has 0 radical (unpaired) electrons. The van der Waals surface area contributed by atoms with Crippen LogP contribution in [0.3, 0.4) is 0 Å². The Bertz CT molecular complexity index is 944. The Morgan fingerprint density at radius 1 is 1.23 bits per heavy atom. The first kappa shape index (κ1) is 18.0. The largest absolute Gasteiger partial charge is 0.411 e. The van der Waals surface area contributed by atoms with Crippen LogP contribution in [0, 0.1) is 5.82 Å². The minimum Gasteiger partial charge on any atom is -0.411 e. The molecule has 0 aliphatic rings. The highest BCUT2D eigenvalue weighted by molar-refractivity contribution is 7.99. The summed E-state index contributed by atoms with van der Waals surface area (Å²) in [6.45, 7) is 0. The SMILES string of the molecule is NC(=S)Nc1cccc(-c2nnc(SCC(=O)c3ccc(F)cc3)o2)c1. The first-order valence-electron chi connectivity index (χ1n) is 7.43. The molecule has 0 aliphatic carbocycles. The molecule has 0 saturated heterocycles. The van der Waals surface area contributed by atoms with Gasteiger partial charge in [0.15, 0.2) is 10.9 Å². The fraction of sp³-hybridized carbons (Fsp3) is 0.0588. The summed E-state index contributed by atoms with van der Waals surface area (Å²) >= 11 is 5.93. The Hall–Kier alpha value is -2.78. The summed E-state index contributed by atoms with van der Waals surface area (Å²) in [5.41, 5.74) is 7.27. The van der Waals surface area contributed by atoms with Gasteiger partial charge in [0.1, 0.15) is 5.82 Å². The lowest BCUT2D eigenvalue weighted by Gasteiger charge is -2.04. The second-order valence-electron chi connectivity index (χ2n) is 5.16. The zero-order valence-electron chi connectivity index (χ0n) is 13.3. The Labute approximate surface area is 158 Å². The smallest absolute Gasteiger partial charge is 0.277 e. The van der Waals surface area contributed by atoms with Crippen molar-refractivity contribution in [2.45, 2.75) is 5.22 Å². The fourth-order valence-corrected chi connectivity index (χ4v) is 2.88. The second-order valence-corrected chi connectivity index (χ2v) is 6.53. The van der Waals surface area contributed by atoms with E-state index in [0.29, 0.717) is 22.7 Å². The number of thioether (sulfide) groups is 1. The lowest BCUT2D eigenvalue weighted by atomic mass is 10.1. The normalized spacial score (nSPS) is 10.5. The van der Waals surface area contributed by atoms with E-state index in [1.165, 1.54) is 24.3 Å². The Morgan fingerprint density at radius 3 is 2.73 bits per heavy atom. The number of rotatable bonds is 6. The van der Waals surface area contributed by atoms with Crippen molar-refractivity contribution in [3.63, 3.8) is 0 Å². The maximum absolute atomic E-state index is 12.9. The van der Waals surface area contributed by atoms with E-state index in [4.69, 9.17) is 22.4 Å². The van der Waals surface area contributed by atoms with E-state index in [-0.39, 0.29) is 27.7 Å². The molecule has 9 heteroatoms. The summed E-state index contributed by atoms with van der Waals surface area (Å²) < 4.78 is 18.5. The number of carbonyl (C=O) groups is 1. The van der Waals surface area contributed by atoms with E-state index in [9.17, 15) is 9.18 Å². The number of nitrogens with one attached hydrogen (secondary N) is 1. The number of Topliss-reactive ketones (excluding diaryl/α,β-unsaturated/α-hetero) is 1.